The van der Waals surface area contributed by atoms with E-state index in [4.69, 9.17) is 0 Å². The zero-order valence-electron chi connectivity index (χ0n) is 14.7. The smallest absolute Gasteiger partial charge is 0.133 e. The Kier molecular flexibility index (Phi) is 3.43. The minimum atomic E-state index is -0.392. The van der Waals surface area contributed by atoms with Gasteiger partial charge < -0.3 is 5.11 Å². The van der Waals surface area contributed by atoms with E-state index in [-0.39, 0.29) is 10.8 Å². The number of fused-ring (bicyclic) bond motifs is 5. The van der Waals surface area contributed by atoms with Crippen LogP contribution in [0.2, 0.25) is 0 Å². The van der Waals surface area contributed by atoms with Gasteiger partial charge in [0.25, 0.3) is 0 Å². The summed E-state index contributed by atoms with van der Waals surface area (Å²) in [6.45, 7) is 6.60. The third kappa shape index (κ3) is 2.06. The van der Waals surface area contributed by atoms with Crippen molar-refractivity contribution >= 4 is 5.78 Å². The standard InChI is InChI=1S/C21H30O2/c1-13(22)17-6-7-18-16-5-4-14-12-15(23)8-10-20(14,2)19(16)9-11-21(17,18)3/h8,10,12,15-19,23H,4-7,9,11H2,1-3H3/t15-,16-,17+,18-,19-,20-,21+/m0/s1. The lowest BCUT2D eigenvalue weighted by molar-refractivity contribution is -0.127. The van der Waals surface area contributed by atoms with E-state index >= 15 is 0 Å². The van der Waals surface area contributed by atoms with Crippen molar-refractivity contribution < 1.29 is 9.90 Å². The molecule has 4 aliphatic carbocycles. The quantitative estimate of drug-likeness (QED) is 0.733. The van der Waals surface area contributed by atoms with Crippen LogP contribution in [0, 0.1) is 34.5 Å². The van der Waals surface area contributed by atoms with E-state index in [2.05, 4.69) is 26.0 Å². The molecule has 23 heavy (non-hydrogen) atoms. The summed E-state index contributed by atoms with van der Waals surface area (Å²) in [5, 5.41) is 9.94. The maximum absolute atomic E-state index is 12.1. The fourth-order valence-electron chi connectivity index (χ4n) is 6.99. The lowest BCUT2D eigenvalue weighted by Crippen LogP contribution is -2.50. The van der Waals surface area contributed by atoms with E-state index in [0.29, 0.717) is 23.5 Å². The van der Waals surface area contributed by atoms with Crippen LogP contribution in [0.1, 0.15) is 59.3 Å². The number of aliphatic hydroxyl groups is 1. The average molecular weight is 314 g/mol. The van der Waals surface area contributed by atoms with Gasteiger partial charge in [0.2, 0.25) is 0 Å². The van der Waals surface area contributed by atoms with Gasteiger partial charge in [-0.05, 0) is 68.6 Å². The number of Topliss-reactive ketones (excluding diaryl/α,β-unsaturated/α-hetero) is 1. The number of carbonyl (C=O) groups is 1. The molecule has 0 aliphatic heterocycles. The summed E-state index contributed by atoms with van der Waals surface area (Å²) in [4.78, 5) is 12.1. The molecule has 0 spiro atoms. The lowest BCUT2D eigenvalue weighted by atomic mass is 9.47. The molecule has 0 unspecified atom stereocenters. The van der Waals surface area contributed by atoms with Crippen molar-refractivity contribution in [1.29, 1.82) is 0 Å². The topological polar surface area (TPSA) is 37.3 Å². The summed E-state index contributed by atoms with van der Waals surface area (Å²) in [7, 11) is 0. The zero-order chi connectivity index (χ0) is 16.4. The van der Waals surface area contributed by atoms with Crippen LogP contribution in [0.25, 0.3) is 0 Å². The summed E-state index contributed by atoms with van der Waals surface area (Å²) >= 11 is 0. The fourth-order valence-corrected chi connectivity index (χ4v) is 6.99. The highest BCUT2D eigenvalue weighted by atomic mass is 16.3. The first-order valence-corrected chi connectivity index (χ1v) is 9.45. The molecule has 7 atom stereocenters. The zero-order valence-corrected chi connectivity index (χ0v) is 14.7. The van der Waals surface area contributed by atoms with Crippen molar-refractivity contribution in [2.75, 3.05) is 0 Å². The Balaban J connectivity index is 1.67. The molecule has 4 rings (SSSR count). The number of aliphatic hydroxyl groups excluding tert-OH is 1. The first-order chi connectivity index (χ1) is 10.9. The van der Waals surface area contributed by atoms with E-state index in [9.17, 15) is 9.90 Å². The molecule has 4 aliphatic rings. The normalized spacial score (nSPS) is 51.5. The monoisotopic (exact) mass is 314 g/mol. The Morgan fingerprint density at radius 3 is 2.70 bits per heavy atom. The van der Waals surface area contributed by atoms with Crippen LogP contribution < -0.4 is 0 Å². The third-order valence-corrected chi connectivity index (χ3v) is 8.15. The predicted molar refractivity (Wildman–Crippen MR) is 91.8 cm³/mol. The van der Waals surface area contributed by atoms with E-state index < -0.39 is 6.10 Å². The van der Waals surface area contributed by atoms with E-state index in [0.717, 1.165) is 18.8 Å². The Morgan fingerprint density at radius 1 is 1.17 bits per heavy atom. The van der Waals surface area contributed by atoms with Crippen molar-refractivity contribution in [3.63, 3.8) is 0 Å². The van der Waals surface area contributed by atoms with Crippen LogP contribution in [-0.2, 0) is 4.79 Å². The summed E-state index contributed by atoms with van der Waals surface area (Å²) in [5.74, 6) is 2.86. The van der Waals surface area contributed by atoms with Gasteiger partial charge in [-0.1, -0.05) is 37.6 Å². The molecular formula is C21H30O2. The van der Waals surface area contributed by atoms with Crippen molar-refractivity contribution in [2.24, 2.45) is 34.5 Å². The maximum atomic E-state index is 12.1. The SMILES string of the molecule is CC(=O)[C@H]1CC[C@H]2[C@@H]3CCC4=C[C@@H](O)C=C[C@]4(C)[C@H]3CC[C@]12C. The van der Waals surface area contributed by atoms with Gasteiger partial charge in [0.05, 0.1) is 6.10 Å². The highest BCUT2D eigenvalue weighted by molar-refractivity contribution is 5.79. The van der Waals surface area contributed by atoms with Gasteiger partial charge in [-0.2, -0.15) is 0 Å². The van der Waals surface area contributed by atoms with Gasteiger partial charge in [-0.3, -0.25) is 4.79 Å². The molecule has 2 heteroatoms. The second-order valence-electron chi connectivity index (χ2n) is 9.02. The van der Waals surface area contributed by atoms with Gasteiger partial charge in [0.1, 0.15) is 5.78 Å². The van der Waals surface area contributed by atoms with Crippen LogP contribution in [-0.4, -0.2) is 17.0 Å². The molecule has 2 nitrogen and oxygen atoms in total. The molecule has 0 aromatic rings. The molecule has 0 radical (unpaired) electrons. The van der Waals surface area contributed by atoms with Gasteiger partial charge in [0.15, 0.2) is 0 Å². The predicted octanol–water partition coefficient (Wildman–Crippen LogP) is 4.29. The number of allylic oxidation sites excluding steroid dienone is 2. The number of ketones is 1. The Morgan fingerprint density at radius 2 is 1.96 bits per heavy atom. The third-order valence-electron chi connectivity index (χ3n) is 8.15. The molecule has 0 bridgehead atoms. The number of carbonyl (C=O) groups excluding carboxylic acids is 1. The average Bonchev–Trinajstić information content (AvgIpc) is 2.85. The first-order valence-electron chi connectivity index (χ1n) is 9.45. The molecule has 0 aromatic carbocycles. The van der Waals surface area contributed by atoms with Gasteiger partial charge in [-0.15, -0.1) is 0 Å². The number of hydrogen-bond acceptors (Lipinski definition) is 2. The second kappa shape index (κ2) is 5.05. The molecule has 0 amide bonds. The summed E-state index contributed by atoms with van der Waals surface area (Å²) in [6.07, 6.45) is 13.1. The molecule has 0 saturated heterocycles. The van der Waals surface area contributed by atoms with E-state index in [1.165, 1.54) is 31.3 Å². The Labute approximate surface area is 140 Å². The van der Waals surface area contributed by atoms with E-state index in [1.807, 2.05) is 6.08 Å². The largest absolute Gasteiger partial charge is 0.385 e. The van der Waals surface area contributed by atoms with Crippen molar-refractivity contribution in [2.45, 2.75) is 65.4 Å². The van der Waals surface area contributed by atoms with Crippen LogP contribution in [0.4, 0.5) is 0 Å². The number of rotatable bonds is 1. The van der Waals surface area contributed by atoms with Crippen LogP contribution >= 0.6 is 0 Å². The summed E-state index contributed by atoms with van der Waals surface area (Å²) in [5.41, 5.74) is 1.83. The minimum absolute atomic E-state index is 0.137. The van der Waals surface area contributed by atoms with Gasteiger partial charge in [0, 0.05) is 11.3 Å². The van der Waals surface area contributed by atoms with Crippen molar-refractivity contribution in [3.05, 3.63) is 23.8 Å². The van der Waals surface area contributed by atoms with Crippen molar-refractivity contribution in [1.82, 2.24) is 0 Å². The molecular weight excluding hydrogens is 284 g/mol. The van der Waals surface area contributed by atoms with Crippen LogP contribution in [0.3, 0.4) is 0 Å². The molecule has 3 saturated carbocycles. The van der Waals surface area contributed by atoms with Crippen molar-refractivity contribution in [3.8, 4) is 0 Å². The molecule has 3 fully saturated rings. The second-order valence-corrected chi connectivity index (χ2v) is 9.02. The highest BCUT2D eigenvalue weighted by Gasteiger charge is 2.59. The Bertz CT molecular complexity index is 589. The van der Waals surface area contributed by atoms with Crippen LogP contribution in [0.15, 0.2) is 23.8 Å². The lowest BCUT2D eigenvalue weighted by Gasteiger charge is -2.57. The van der Waals surface area contributed by atoms with Crippen LogP contribution in [0.5, 0.6) is 0 Å². The Hall–Kier alpha value is -0.890. The number of hydrogen-bond donors (Lipinski definition) is 1. The van der Waals surface area contributed by atoms with E-state index in [1.54, 1.807) is 6.92 Å². The fraction of sp³-hybridized carbons (Fsp3) is 0.762. The minimum Gasteiger partial charge on any atom is -0.385 e. The first kappa shape index (κ1) is 15.6. The molecule has 0 aromatic heterocycles. The van der Waals surface area contributed by atoms with Gasteiger partial charge in [-0.25, -0.2) is 0 Å². The maximum Gasteiger partial charge on any atom is 0.133 e. The summed E-state index contributed by atoms with van der Waals surface area (Å²) in [6, 6.07) is 0. The molecule has 0 heterocycles. The highest BCUT2D eigenvalue weighted by Crippen LogP contribution is 2.66. The van der Waals surface area contributed by atoms with Gasteiger partial charge >= 0.3 is 0 Å². The molecule has 126 valence electrons. The molecule has 1 N–H and O–H groups in total. The summed E-state index contributed by atoms with van der Waals surface area (Å²) < 4.78 is 0.